The van der Waals surface area contributed by atoms with Crippen molar-refractivity contribution >= 4 is 15.9 Å². The lowest BCUT2D eigenvalue weighted by Gasteiger charge is -2.44. The van der Waals surface area contributed by atoms with Gasteiger partial charge in [-0.3, -0.25) is 4.90 Å². The highest BCUT2D eigenvalue weighted by atomic mass is 79.9. The van der Waals surface area contributed by atoms with Gasteiger partial charge in [0.05, 0.1) is 6.10 Å². The molecule has 1 aromatic rings. The lowest BCUT2D eigenvalue weighted by Crippen LogP contribution is -2.55. The molecule has 2 rings (SSSR count). The molecule has 21 heavy (non-hydrogen) atoms. The lowest BCUT2D eigenvalue weighted by molar-refractivity contribution is -0.0248. The van der Waals surface area contributed by atoms with Gasteiger partial charge in [0.25, 0.3) is 0 Å². The Morgan fingerprint density at radius 2 is 1.90 bits per heavy atom. The molecule has 1 saturated carbocycles. The van der Waals surface area contributed by atoms with Crippen molar-refractivity contribution in [3.63, 3.8) is 0 Å². The van der Waals surface area contributed by atoms with Crippen molar-refractivity contribution in [1.29, 1.82) is 0 Å². The van der Waals surface area contributed by atoms with E-state index in [2.05, 4.69) is 34.7 Å². The van der Waals surface area contributed by atoms with Crippen molar-refractivity contribution in [2.45, 2.75) is 57.6 Å². The maximum Gasteiger partial charge on any atom is 0.127 e. The number of halogens is 2. The van der Waals surface area contributed by atoms with E-state index in [0.29, 0.717) is 12.0 Å². The van der Waals surface area contributed by atoms with Crippen LogP contribution >= 0.6 is 15.9 Å². The number of hydrogen-bond acceptors (Lipinski definition) is 2. The Hall–Kier alpha value is -0.450. The van der Waals surface area contributed by atoms with Gasteiger partial charge in [-0.25, -0.2) is 4.39 Å². The molecule has 1 aliphatic rings. The standard InChI is InChI=1S/C17H25BrFNO/c1-3-20(4-2)17(9-5-6-10-17)16(21)11-13-7-8-14(18)12-15(13)19/h7-8,12,16,21H,3-6,9-11H2,1-2H3. The molecular weight excluding hydrogens is 333 g/mol. The van der Waals surface area contributed by atoms with Crippen molar-refractivity contribution < 1.29 is 9.50 Å². The van der Waals surface area contributed by atoms with Gasteiger partial charge in [0.2, 0.25) is 0 Å². The van der Waals surface area contributed by atoms with Crippen molar-refractivity contribution in [2.75, 3.05) is 13.1 Å². The molecule has 2 nitrogen and oxygen atoms in total. The SMILES string of the molecule is CCN(CC)C1(C(O)Cc2ccc(Br)cc2F)CCCC1. The smallest absolute Gasteiger partial charge is 0.127 e. The first-order valence-corrected chi connectivity index (χ1v) is 8.70. The Labute approximate surface area is 135 Å². The summed E-state index contributed by atoms with van der Waals surface area (Å²) in [5.41, 5.74) is 0.423. The van der Waals surface area contributed by atoms with E-state index < -0.39 is 6.10 Å². The monoisotopic (exact) mass is 357 g/mol. The summed E-state index contributed by atoms with van der Waals surface area (Å²) in [5.74, 6) is -0.240. The Morgan fingerprint density at radius 3 is 2.43 bits per heavy atom. The van der Waals surface area contributed by atoms with Crippen LogP contribution in [0.2, 0.25) is 0 Å². The zero-order valence-corrected chi connectivity index (χ0v) is 14.5. The van der Waals surface area contributed by atoms with E-state index in [0.717, 1.165) is 43.2 Å². The fourth-order valence-corrected chi connectivity index (χ4v) is 4.12. The van der Waals surface area contributed by atoms with Crippen LogP contribution in [0.5, 0.6) is 0 Å². The fraction of sp³-hybridized carbons (Fsp3) is 0.647. The van der Waals surface area contributed by atoms with Crippen LogP contribution in [0, 0.1) is 5.82 Å². The molecule has 1 N–H and O–H groups in total. The summed E-state index contributed by atoms with van der Waals surface area (Å²) < 4.78 is 14.8. The average Bonchev–Trinajstić information content (AvgIpc) is 2.94. The molecule has 0 aromatic heterocycles. The predicted octanol–water partition coefficient (Wildman–Crippen LogP) is 4.15. The van der Waals surface area contributed by atoms with E-state index in [1.807, 2.05) is 6.07 Å². The third kappa shape index (κ3) is 3.49. The van der Waals surface area contributed by atoms with Crippen LogP contribution in [0.1, 0.15) is 45.1 Å². The summed E-state index contributed by atoms with van der Waals surface area (Å²) in [6.07, 6.45) is 4.18. The molecule has 1 unspecified atom stereocenters. The first kappa shape index (κ1) is 16.9. The van der Waals surface area contributed by atoms with Crippen molar-refractivity contribution in [2.24, 2.45) is 0 Å². The molecule has 0 heterocycles. The van der Waals surface area contributed by atoms with Gasteiger partial charge in [-0.15, -0.1) is 0 Å². The van der Waals surface area contributed by atoms with Crippen LogP contribution in [-0.4, -0.2) is 34.7 Å². The summed E-state index contributed by atoms with van der Waals surface area (Å²) in [7, 11) is 0. The van der Waals surface area contributed by atoms with Gasteiger partial charge < -0.3 is 5.11 Å². The second-order valence-corrected chi connectivity index (χ2v) is 6.85. The highest BCUT2D eigenvalue weighted by molar-refractivity contribution is 9.10. The van der Waals surface area contributed by atoms with E-state index >= 15 is 0 Å². The molecule has 1 fully saturated rings. The molecule has 4 heteroatoms. The average molecular weight is 358 g/mol. The topological polar surface area (TPSA) is 23.5 Å². The zero-order chi connectivity index (χ0) is 15.5. The number of likely N-dealkylation sites (N-methyl/N-ethyl adjacent to an activating group) is 1. The Balaban J connectivity index is 2.21. The van der Waals surface area contributed by atoms with Gasteiger partial charge in [0.15, 0.2) is 0 Å². The minimum atomic E-state index is -0.518. The number of nitrogens with zero attached hydrogens (tertiary/aromatic N) is 1. The molecule has 0 bridgehead atoms. The van der Waals surface area contributed by atoms with Gasteiger partial charge in [-0.05, 0) is 43.6 Å². The van der Waals surface area contributed by atoms with Crippen LogP contribution in [0.15, 0.2) is 22.7 Å². The zero-order valence-electron chi connectivity index (χ0n) is 12.9. The lowest BCUT2D eigenvalue weighted by atomic mass is 9.84. The van der Waals surface area contributed by atoms with Gasteiger partial charge in [-0.2, -0.15) is 0 Å². The van der Waals surface area contributed by atoms with Crippen LogP contribution in [0.4, 0.5) is 4.39 Å². The maximum atomic E-state index is 14.0. The Morgan fingerprint density at radius 1 is 1.29 bits per heavy atom. The van der Waals surface area contributed by atoms with Gasteiger partial charge in [0, 0.05) is 16.4 Å². The van der Waals surface area contributed by atoms with Crippen molar-refractivity contribution in [3.05, 3.63) is 34.1 Å². The number of hydrogen-bond donors (Lipinski definition) is 1. The van der Waals surface area contributed by atoms with Crippen LogP contribution < -0.4 is 0 Å². The molecule has 118 valence electrons. The van der Waals surface area contributed by atoms with E-state index in [9.17, 15) is 9.50 Å². The predicted molar refractivity (Wildman–Crippen MR) is 87.9 cm³/mol. The normalized spacial score (nSPS) is 19.1. The molecule has 1 atom stereocenters. The van der Waals surface area contributed by atoms with E-state index in [1.54, 1.807) is 6.07 Å². The minimum Gasteiger partial charge on any atom is -0.391 e. The minimum absolute atomic E-state index is 0.178. The molecular formula is C17H25BrFNO. The maximum absolute atomic E-state index is 14.0. The number of aliphatic hydroxyl groups is 1. The van der Waals surface area contributed by atoms with Gasteiger partial charge in [0.1, 0.15) is 5.82 Å². The largest absolute Gasteiger partial charge is 0.391 e. The van der Waals surface area contributed by atoms with Crippen LogP contribution in [-0.2, 0) is 6.42 Å². The third-order valence-electron chi connectivity index (χ3n) is 4.91. The summed E-state index contributed by atoms with van der Waals surface area (Å²) in [6.45, 7) is 6.12. The Kier molecular flexibility index (Phi) is 5.81. The molecule has 1 aromatic carbocycles. The van der Waals surface area contributed by atoms with Crippen LogP contribution in [0.25, 0.3) is 0 Å². The molecule has 0 amide bonds. The highest BCUT2D eigenvalue weighted by Gasteiger charge is 2.44. The first-order valence-electron chi connectivity index (χ1n) is 7.90. The molecule has 1 aliphatic carbocycles. The number of aliphatic hydroxyl groups excluding tert-OH is 1. The highest BCUT2D eigenvalue weighted by Crippen LogP contribution is 2.39. The van der Waals surface area contributed by atoms with Gasteiger partial charge in [-0.1, -0.05) is 48.7 Å². The summed E-state index contributed by atoms with van der Waals surface area (Å²) >= 11 is 3.27. The quantitative estimate of drug-likeness (QED) is 0.826. The van der Waals surface area contributed by atoms with Crippen LogP contribution in [0.3, 0.4) is 0 Å². The van der Waals surface area contributed by atoms with E-state index in [4.69, 9.17) is 0 Å². The molecule has 0 spiro atoms. The second-order valence-electron chi connectivity index (χ2n) is 5.94. The molecule has 0 aliphatic heterocycles. The number of rotatable bonds is 6. The third-order valence-corrected chi connectivity index (χ3v) is 5.40. The summed E-state index contributed by atoms with van der Waals surface area (Å²) in [5, 5.41) is 10.9. The molecule has 0 saturated heterocycles. The number of benzene rings is 1. The summed E-state index contributed by atoms with van der Waals surface area (Å²) in [6, 6.07) is 5.08. The van der Waals surface area contributed by atoms with Crippen molar-refractivity contribution in [1.82, 2.24) is 4.90 Å². The van der Waals surface area contributed by atoms with Gasteiger partial charge >= 0.3 is 0 Å². The van der Waals surface area contributed by atoms with E-state index in [1.165, 1.54) is 6.07 Å². The van der Waals surface area contributed by atoms with E-state index in [-0.39, 0.29) is 11.4 Å². The van der Waals surface area contributed by atoms with Crippen molar-refractivity contribution in [3.8, 4) is 0 Å². The Bertz CT molecular complexity index is 470. The first-order chi connectivity index (χ1) is 10.0. The molecule has 0 radical (unpaired) electrons. The summed E-state index contributed by atoms with van der Waals surface area (Å²) in [4.78, 5) is 2.36. The second kappa shape index (κ2) is 7.21. The fourth-order valence-electron chi connectivity index (χ4n) is 3.79.